The molecule has 6 heteroatoms. The van der Waals surface area contributed by atoms with Crippen molar-refractivity contribution >= 4 is 17.6 Å². The van der Waals surface area contributed by atoms with Crippen LogP contribution in [-0.2, 0) is 11.3 Å². The first kappa shape index (κ1) is 20.1. The summed E-state index contributed by atoms with van der Waals surface area (Å²) < 4.78 is 6.53. The monoisotopic (exact) mass is 390 g/mol. The van der Waals surface area contributed by atoms with Crippen LogP contribution < -0.4 is 10.9 Å². The van der Waals surface area contributed by atoms with Crippen LogP contribution in [0.5, 0.6) is 0 Å². The Kier molecular flexibility index (Phi) is 6.24. The van der Waals surface area contributed by atoms with E-state index in [9.17, 15) is 14.4 Å². The van der Waals surface area contributed by atoms with Crippen molar-refractivity contribution in [1.29, 1.82) is 0 Å². The van der Waals surface area contributed by atoms with Crippen LogP contribution >= 0.6 is 0 Å². The molecule has 0 spiro atoms. The van der Waals surface area contributed by atoms with Crippen LogP contribution in [0.25, 0.3) is 0 Å². The number of nitrogens with one attached hydrogen (secondary N) is 1. The first-order valence-corrected chi connectivity index (χ1v) is 9.32. The number of rotatable bonds is 6. The second kappa shape index (κ2) is 9.01. The quantitative estimate of drug-likeness (QED) is 0.652. The average molecular weight is 390 g/mol. The fourth-order valence-corrected chi connectivity index (χ4v) is 2.93. The van der Waals surface area contributed by atoms with Crippen molar-refractivity contribution in [3.63, 3.8) is 0 Å². The van der Waals surface area contributed by atoms with Gasteiger partial charge in [-0.1, -0.05) is 36.4 Å². The highest BCUT2D eigenvalue weighted by molar-refractivity contribution is 6.07. The molecule has 0 unspecified atom stereocenters. The van der Waals surface area contributed by atoms with Crippen molar-refractivity contribution < 1.29 is 14.3 Å². The molecule has 0 bridgehead atoms. The van der Waals surface area contributed by atoms with Gasteiger partial charge in [0, 0.05) is 12.3 Å². The van der Waals surface area contributed by atoms with E-state index in [0.717, 1.165) is 11.1 Å². The Bertz CT molecular complexity index is 1100. The lowest BCUT2D eigenvalue weighted by molar-refractivity contribution is 0.0527. The fraction of sp³-hybridized carbons (Fsp3) is 0.174. The lowest BCUT2D eigenvalue weighted by Gasteiger charge is -2.12. The van der Waals surface area contributed by atoms with Crippen LogP contribution in [0.4, 0.5) is 5.69 Å². The fourth-order valence-electron chi connectivity index (χ4n) is 2.93. The van der Waals surface area contributed by atoms with Crippen LogP contribution in [0.2, 0.25) is 0 Å². The number of aryl methyl sites for hydroxylation is 1. The van der Waals surface area contributed by atoms with Gasteiger partial charge >= 0.3 is 5.97 Å². The molecular formula is C23H22N2O4. The number of para-hydroxylation sites is 1. The molecule has 0 saturated carbocycles. The van der Waals surface area contributed by atoms with Gasteiger partial charge in [-0.3, -0.25) is 9.59 Å². The molecule has 29 heavy (non-hydrogen) atoms. The van der Waals surface area contributed by atoms with Crippen molar-refractivity contribution in [2.24, 2.45) is 0 Å². The van der Waals surface area contributed by atoms with Gasteiger partial charge in [0.15, 0.2) is 0 Å². The number of pyridine rings is 1. The van der Waals surface area contributed by atoms with E-state index < -0.39 is 11.9 Å². The van der Waals surface area contributed by atoms with Gasteiger partial charge in [0.05, 0.1) is 30.0 Å². The van der Waals surface area contributed by atoms with Gasteiger partial charge in [0.1, 0.15) is 0 Å². The molecule has 0 radical (unpaired) electrons. The number of carbonyl (C=O) groups excluding carboxylic acids is 2. The largest absolute Gasteiger partial charge is 0.462 e. The minimum atomic E-state index is -0.507. The summed E-state index contributed by atoms with van der Waals surface area (Å²) in [7, 11) is 0. The number of anilines is 1. The van der Waals surface area contributed by atoms with E-state index in [1.807, 2.05) is 31.2 Å². The molecule has 1 N–H and O–H groups in total. The summed E-state index contributed by atoms with van der Waals surface area (Å²) in [6, 6.07) is 17.3. The number of hydrogen-bond donors (Lipinski definition) is 1. The SMILES string of the molecule is CCOC(=O)c1ccccc1NC(=O)c1ccc(=O)n(Cc2ccccc2C)c1. The average Bonchev–Trinajstić information content (AvgIpc) is 2.71. The summed E-state index contributed by atoms with van der Waals surface area (Å²) in [5, 5.41) is 2.73. The molecule has 1 aromatic heterocycles. The van der Waals surface area contributed by atoms with E-state index in [2.05, 4.69) is 5.32 Å². The lowest BCUT2D eigenvalue weighted by Crippen LogP contribution is -2.23. The third-order valence-electron chi connectivity index (χ3n) is 4.52. The molecule has 0 aliphatic heterocycles. The molecule has 2 aromatic carbocycles. The van der Waals surface area contributed by atoms with E-state index in [4.69, 9.17) is 4.74 Å². The highest BCUT2D eigenvalue weighted by Gasteiger charge is 2.15. The van der Waals surface area contributed by atoms with Gasteiger partial charge < -0.3 is 14.6 Å². The van der Waals surface area contributed by atoms with Crippen LogP contribution in [-0.4, -0.2) is 23.1 Å². The van der Waals surface area contributed by atoms with Gasteiger partial charge in [0.2, 0.25) is 0 Å². The molecule has 0 saturated heterocycles. The number of nitrogens with zero attached hydrogens (tertiary/aromatic N) is 1. The third-order valence-corrected chi connectivity index (χ3v) is 4.52. The van der Waals surface area contributed by atoms with Gasteiger partial charge in [-0.05, 0) is 43.2 Å². The van der Waals surface area contributed by atoms with Crippen molar-refractivity contribution in [3.05, 3.63) is 99.5 Å². The maximum atomic E-state index is 12.8. The molecule has 0 atom stereocenters. The summed E-state index contributed by atoms with van der Waals surface area (Å²) in [5.41, 5.74) is 2.81. The van der Waals surface area contributed by atoms with Crippen molar-refractivity contribution in [2.75, 3.05) is 11.9 Å². The molecular weight excluding hydrogens is 368 g/mol. The zero-order chi connectivity index (χ0) is 20.8. The van der Waals surface area contributed by atoms with Crippen LogP contribution in [0.3, 0.4) is 0 Å². The van der Waals surface area contributed by atoms with E-state index in [1.165, 1.54) is 22.9 Å². The summed E-state index contributed by atoms with van der Waals surface area (Å²) in [4.78, 5) is 37.1. The maximum absolute atomic E-state index is 12.8. The van der Waals surface area contributed by atoms with Crippen molar-refractivity contribution in [2.45, 2.75) is 20.4 Å². The second-order valence-corrected chi connectivity index (χ2v) is 6.53. The Morgan fingerprint density at radius 3 is 2.48 bits per heavy atom. The van der Waals surface area contributed by atoms with Crippen LogP contribution in [0.15, 0.2) is 71.7 Å². The number of ether oxygens (including phenoxy) is 1. The Balaban J connectivity index is 1.85. The predicted molar refractivity (Wildman–Crippen MR) is 111 cm³/mol. The zero-order valence-corrected chi connectivity index (χ0v) is 16.3. The first-order valence-electron chi connectivity index (χ1n) is 9.32. The number of benzene rings is 2. The summed E-state index contributed by atoms with van der Waals surface area (Å²) >= 11 is 0. The van der Waals surface area contributed by atoms with E-state index >= 15 is 0 Å². The first-order chi connectivity index (χ1) is 14.0. The second-order valence-electron chi connectivity index (χ2n) is 6.53. The van der Waals surface area contributed by atoms with E-state index in [0.29, 0.717) is 17.8 Å². The summed E-state index contributed by atoms with van der Waals surface area (Å²) in [6.45, 7) is 4.30. The maximum Gasteiger partial charge on any atom is 0.340 e. The van der Waals surface area contributed by atoms with Gasteiger partial charge in [-0.25, -0.2) is 4.79 Å². The molecule has 6 nitrogen and oxygen atoms in total. The number of aromatic nitrogens is 1. The standard InChI is InChI=1S/C23H22N2O4/c1-3-29-23(28)19-10-6-7-11-20(19)24-22(27)18-12-13-21(26)25(15-18)14-17-9-5-4-8-16(17)2/h4-13,15H,3,14H2,1-2H3,(H,24,27). The van der Waals surface area contributed by atoms with Crippen molar-refractivity contribution in [3.8, 4) is 0 Å². The molecule has 0 aliphatic carbocycles. The number of amides is 1. The minimum Gasteiger partial charge on any atom is -0.462 e. The molecule has 3 aromatic rings. The number of carbonyl (C=O) groups is 2. The summed E-state index contributed by atoms with van der Waals surface area (Å²) in [6.07, 6.45) is 1.52. The molecule has 148 valence electrons. The highest BCUT2D eigenvalue weighted by atomic mass is 16.5. The smallest absolute Gasteiger partial charge is 0.340 e. The number of esters is 1. The molecule has 3 rings (SSSR count). The van der Waals surface area contributed by atoms with Crippen LogP contribution in [0.1, 0.15) is 38.8 Å². The normalized spacial score (nSPS) is 10.4. The predicted octanol–water partition coefficient (Wildman–Crippen LogP) is 3.63. The lowest BCUT2D eigenvalue weighted by atomic mass is 10.1. The Morgan fingerprint density at radius 2 is 1.72 bits per heavy atom. The minimum absolute atomic E-state index is 0.197. The summed E-state index contributed by atoms with van der Waals surface area (Å²) in [5.74, 6) is -0.923. The zero-order valence-electron chi connectivity index (χ0n) is 16.3. The number of hydrogen-bond acceptors (Lipinski definition) is 4. The Morgan fingerprint density at radius 1 is 1.00 bits per heavy atom. The molecule has 0 fully saturated rings. The van der Waals surface area contributed by atoms with Gasteiger partial charge in [-0.15, -0.1) is 0 Å². The van der Waals surface area contributed by atoms with Gasteiger partial charge in [0.25, 0.3) is 11.5 Å². The van der Waals surface area contributed by atoms with Crippen molar-refractivity contribution in [1.82, 2.24) is 4.57 Å². The Hall–Kier alpha value is -3.67. The Labute approximate surface area is 168 Å². The molecule has 1 heterocycles. The topological polar surface area (TPSA) is 77.4 Å². The third kappa shape index (κ3) is 4.79. The molecule has 0 aliphatic rings. The van der Waals surface area contributed by atoms with E-state index in [-0.39, 0.29) is 17.7 Å². The van der Waals surface area contributed by atoms with Gasteiger partial charge in [-0.2, -0.15) is 0 Å². The molecule has 1 amide bonds. The van der Waals surface area contributed by atoms with Crippen LogP contribution in [0, 0.1) is 6.92 Å². The highest BCUT2D eigenvalue weighted by Crippen LogP contribution is 2.17. The van der Waals surface area contributed by atoms with E-state index in [1.54, 1.807) is 31.2 Å².